The summed E-state index contributed by atoms with van der Waals surface area (Å²) in [5.74, 6) is 2.01. The maximum Gasteiger partial charge on any atom is 0.225 e. The number of hydrogen-bond acceptors (Lipinski definition) is 2. The van der Waals surface area contributed by atoms with E-state index >= 15 is 0 Å². The monoisotopic (exact) mass is 278 g/mol. The number of piperidine rings is 1. The van der Waals surface area contributed by atoms with E-state index in [0.29, 0.717) is 23.9 Å². The second-order valence-corrected chi connectivity index (χ2v) is 7.44. The van der Waals surface area contributed by atoms with Crippen molar-refractivity contribution in [3.8, 4) is 0 Å². The van der Waals surface area contributed by atoms with Crippen LogP contribution in [-0.2, 0) is 4.79 Å². The Kier molecular flexibility index (Phi) is 4.34. The second kappa shape index (κ2) is 6.05. The summed E-state index contributed by atoms with van der Waals surface area (Å²) in [4.78, 5) is 15.2. The van der Waals surface area contributed by atoms with E-state index in [-0.39, 0.29) is 5.92 Å². The van der Waals surface area contributed by atoms with Crippen molar-refractivity contribution in [3.05, 3.63) is 0 Å². The van der Waals surface area contributed by atoms with Crippen LogP contribution in [0.2, 0.25) is 0 Å². The van der Waals surface area contributed by atoms with Crippen LogP contribution in [0.25, 0.3) is 0 Å². The van der Waals surface area contributed by atoms with Crippen LogP contribution >= 0.6 is 0 Å². The molecule has 5 atom stereocenters. The highest BCUT2D eigenvalue weighted by Gasteiger charge is 2.39. The average Bonchev–Trinajstić information content (AvgIpc) is 2.49. The van der Waals surface area contributed by atoms with Crippen molar-refractivity contribution >= 4 is 5.91 Å². The van der Waals surface area contributed by atoms with Gasteiger partial charge in [0, 0.05) is 24.5 Å². The lowest BCUT2D eigenvalue weighted by Crippen LogP contribution is -2.52. The van der Waals surface area contributed by atoms with Crippen LogP contribution in [0.3, 0.4) is 0 Å². The van der Waals surface area contributed by atoms with Gasteiger partial charge < -0.3 is 10.6 Å². The fourth-order valence-electron chi connectivity index (χ4n) is 4.78. The third-order valence-corrected chi connectivity index (χ3v) is 6.11. The normalized spacial score (nSPS) is 42.1. The van der Waals surface area contributed by atoms with Gasteiger partial charge in [0.15, 0.2) is 0 Å². The highest BCUT2D eigenvalue weighted by atomic mass is 16.2. The van der Waals surface area contributed by atoms with Gasteiger partial charge in [-0.15, -0.1) is 0 Å². The zero-order valence-corrected chi connectivity index (χ0v) is 12.9. The minimum Gasteiger partial charge on any atom is -0.339 e. The Balaban J connectivity index is 1.66. The molecule has 2 saturated carbocycles. The fraction of sp³-hybridized carbons (Fsp3) is 0.941. The SMILES string of the molecule is CC1CC(C(=O)N2CCC[C@H]3CCCC[C@H]32)CCC1N. The maximum absolute atomic E-state index is 12.9. The minimum absolute atomic E-state index is 0.255. The van der Waals surface area contributed by atoms with Crippen LogP contribution in [0.15, 0.2) is 0 Å². The number of fused-ring (bicyclic) bond motifs is 1. The van der Waals surface area contributed by atoms with E-state index in [2.05, 4.69) is 11.8 Å². The van der Waals surface area contributed by atoms with E-state index < -0.39 is 0 Å². The smallest absolute Gasteiger partial charge is 0.225 e. The number of rotatable bonds is 1. The average molecular weight is 278 g/mol. The van der Waals surface area contributed by atoms with E-state index in [0.717, 1.165) is 31.7 Å². The van der Waals surface area contributed by atoms with Crippen LogP contribution < -0.4 is 5.73 Å². The molecule has 0 aromatic carbocycles. The van der Waals surface area contributed by atoms with Crippen molar-refractivity contribution in [2.75, 3.05) is 6.54 Å². The molecule has 3 aliphatic rings. The molecule has 0 radical (unpaired) electrons. The van der Waals surface area contributed by atoms with E-state index in [1.165, 1.54) is 38.5 Å². The Morgan fingerprint density at radius 2 is 1.80 bits per heavy atom. The lowest BCUT2D eigenvalue weighted by molar-refractivity contribution is -0.143. The molecule has 20 heavy (non-hydrogen) atoms. The summed E-state index contributed by atoms with van der Waals surface area (Å²) in [7, 11) is 0. The third-order valence-electron chi connectivity index (χ3n) is 6.11. The van der Waals surface area contributed by atoms with Gasteiger partial charge in [-0.25, -0.2) is 0 Å². The molecule has 3 nitrogen and oxygen atoms in total. The number of nitrogens with two attached hydrogens (primary N) is 1. The number of hydrogen-bond donors (Lipinski definition) is 1. The van der Waals surface area contributed by atoms with E-state index in [1.54, 1.807) is 0 Å². The summed E-state index contributed by atoms with van der Waals surface area (Å²) < 4.78 is 0. The molecule has 3 fully saturated rings. The zero-order valence-electron chi connectivity index (χ0n) is 12.9. The Bertz CT molecular complexity index is 355. The molecule has 2 aliphatic carbocycles. The Morgan fingerprint density at radius 1 is 1.05 bits per heavy atom. The van der Waals surface area contributed by atoms with Crippen LogP contribution in [0.5, 0.6) is 0 Å². The molecule has 3 rings (SSSR count). The van der Waals surface area contributed by atoms with Crippen LogP contribution in [-0.4, -0.2) is 29.4 Å². The van der Waals surface area contributed by atoms with Gasteiger partial charge >= 0.3 is 0 Å². The Hall–Kier alpha value is -0.570. The third kappa shape index (κ3) is 2.74. The number of carbonyl (C=O) groups excluding carboxylic acids is 1. The number of carbonyl (C=O) groups is 1. The number of likely N-dealkylation sites (tertiary alicyclic amines) is 1. The van der Waals surface area contributed by atoms with E-state index in [9.17, 15) is 4.79 Å². The first kappa shape index (κ1) is 14.4. The van der Waals surface area contributed by atoms with E-state index in [1.807, 2.05) is 0 Å². The predicted molar refractivity (Wildman–Crippen MR) is 81.2 cm³/mol. The summed E-state index contributed by atoms with van der Waals surface area (Å²) >= 11 is 0. The van der Waals surface area contributed by atoms with Gasteiger partial charge in [0.05, 0.1) is 0 Å². The molecule has 1 aliphatic heterocycles. The second-order valence-electron chi connectivity index (χ2n) is 7.44. The zero-order chi connectivity index (χ0) is 14.1. The quantitative estimate of drug-likeness (QED) is 0.801. The Morgan fingerprint density at radius 3 is 2.60 bits per heavy atom. The molecule has 0 aromatic heterocycles. The topological polar surface area (TPSA) is 46.3 Å². The molecule has 0 bridgehead atoms. The molecule has 3 unspecified atom stereocenters. The van der Waals surface area contributed by atoms with Gasteiger partial charge in [-0.3, -0.25) is 4.79 Å². The van der Waals surface area contributed by atoms with Gasteiger partial charge in [0.2, 0.25) is 5.91 Å². The molecule has 0 aromatic rings. The van der Waals surface area contributed by atoms with Crippen molar-refractivity contribution in [1.29, 1.82) is 0 Å². The summed E-state index contributed by atoms with van der Waals surface area (Å²) in [5, 5.41) is 0. The largest absolute Gasteiger partial charge is 0.339 e. The summed E-state index contributed by atoms with van der Waals surface area (Å²) in [6.45, 7) is 3.22. The first-order valence-electron chi connectivity index (χ1n) is 8.73. The van der Waals surface area contributed by atoms with Crippen molar-refractivity contribution < 1.29 is 4.79 Å². The molecule has 114 valence electrons. The highest BCUT2D eigenvalue weighted by Crippen LogP contribution is 2.38. The van der Waals surface area contributed by atoms with Gasteiger partial charge in [-0.2, -0.15) is 0 Å². The van der Waals surface area contributed by atoms with Gasteiger partial charge in [0.1, 0.15) is 0 Å². The lowest BCUT2D eigenvalue weighted by Gasteiger charge is -2.46. The maximum atomic E-state index is 12.9. The van der Waals surface area contributed by atoms with Crippen LogP contribution in [0.4, 0.5) is 0 Å². The molecule has 1 saturated heterocycles. The summed E-state index contributed by atoms with van der Waals surface area (Å²) in [5.41, 5.74) is 6.10. The van der Waals surface area contributed by atoms with Gasteiger partial charge in [-0.05, 0) is 56.8 Å². The molecule has 2 N–H and O–H groups in total. The molecule has 1 amide bonds. The van der Waals surface area contributed by atoms with Gasteiger partial charge in [-0.1, -0.05) is 19.8 Å². The summed E-state index contributed by atoms with van der Waals surface area (Å²) in [6, 6.07) is 0.874. The lowest BCUT2D eigenvalue weighted by atomic mass is 9.75. The Labute approximate surface area is 123 Å². The summed E-state index contributed by atoms with van der Waals surface area (Å²) in [6.07, 6.45) is 10.9. The predicted octanol–water partition coefficient (Wildman–Crippen LogP) is 2.93. The standard InChI is InChI=1S/C17H30N2O/c1-12-11-14(8-9-15(12)18)17(20)19-10-4-6-13-5-2-3-7-16(13)19/h12-16H,2-11,18H2,1H3/t12?,13-,14?,15?,16-/m1/s1. The molecule has 0 spiro atoms. The first-order valence-corrected chi connectivity index (χ1v) is 8.73. The van der Waals surface area contributed by atoms with Gasteiger partial charge in [0.25, 0.3) is 0 Å². The van der Waals surface area contributed by atoms with Crippen LogP contribution in [0, 0.1) is 17.8 Å². The van der Waals surface area contributed by atoms with Crippen LogP contribution in [0.1, 0.15) is 64.7 Å². The minimum atomic E-state index is 0.255. The van der Waals surface area contributed by atoms with Crippen molar-refractivity contribution in [3.63, 3.8) is 0 Å². The van der Waals surface area contributed by atoms with Crippen molar-refractivity contribution in [1.82, 2.24) is 4.90 Å². The highest BCUT2D eigenvalue weighted by molar-refractivity contribution is 5.79. The number of amides is 1. The van der Waals surface area contributed by atoms with E-state index in [4.69, 9.17) is 5.73 Å². The first-order chi connectivity index (χ1) is 9.66. The molecular weight excluding hydrogens is 248 g/mol. The fourth-order valence-corrected chi connectivity index (χ4v) is 4.78. The molecular formula is C17H30N2O. The van der Waals surface area contributed by atoms with Crippen molar-refractivity contribution in [2.45, 2.75) is 76.8 Å². The van der Waals surface area contributed by atoms with Crippen molar-refractivity contribution in [2.24, 2.45) is 23.5 Å². The molecule has 1 heterocycles. The number of nitrogens with zero attached hydrogens (tertiary/aromatic N) is 1. The molecule has 3 heteroatoms.